The van der Waals surface area contributed by atoms with Gasteiger partial charge in [0.1, 0.15) is 5.75 Å². The molecule has 0 heterocycles. The molecule has 2 nitrogen and oxygen atoms in total. The van der Waals surface area contributed by atoms with E-state index >= 15 is 0 Å². The first-order valence-corrected chi connectivity index (χ1v) is 6.49. The molecule has 0 unspecified atom stereocenters. The molecule has 0 saturated carbocycles. The molecule has 2 heteroatoms. The lowest BCUT2D eigenvalue weighted by atomic mass is 10.0. The number of methoxy groups -OCH3 is 1. The summed E-state index contributed by atoms with van der Waals surface area (Å²) < 4.78 is 5.26. The predicted octanol–water partition coefficient (Wildman–Crippen LogP) is 3.39. The molecule has 1 N–H and O–H groups in total. The van der Waals surface area contributed by atoms with Crippen molar-refractivity contribution in [3.63, 3.8) is 0 Å². The maximum absolute atomic E-state index is 5.26. The molecule has 0 bridgehead atoms. The van der Waals surface area contributed by atoms with Gasteiger partial charge in [-0.15, -0.1) is 0 Å². The summed E-state index contributed by atoms with van der Waals surface area (Å²) in [7, 11) is 1.71. The van der Waals surface area contributed by atoms with Gasteiger partial charge in [-0.25, -0.2) is 0 Å². The van der Waals surface area contributed by atoms with E-state index in [1.165, 1.54) is 16.3 Å². The van der Waals surface area contributed by atoms with Gasteiger partial charge in [0.05, 0.1) is 7.11 Å². The summed E-state index contributed by atoms with van der Waals surface area (Å²) in [6, 6.07) is 13.4. The number of fused-ring (bicyclic) bond motifs is 1. The molecule has 0 aliphatic heterocycles. The van der Waals surface area contributed by atoms with Crippen molar-refractivity contribution in [3.8, 4) is 5.75 Å². The summed E-state index contributed by atoms with van der Waals surface area (Å²) in [6.45, 7) is 5.36. The van der Waals surface area contributed by atoms with E-state index in [4.69, 9.17) is 4.74 Å². The fourth-order valence-electron chi connectivity index (χ4n) is 2.06. The summed E-state index contributed by atoms with van der Waals surface area (Å²) in [6.07, 6.45) is 1.06. The third-order valence-electron chi connectivity index (χ3n) is 3.08. The van der Waals surface area contributed by atoms with Crippen molar-refractivity contribution in [3.05, 3.63) is 42.0 Å². The van der Waals surface area contributed by atoms with E-state index in [0.29, 0.717) is 6.04 Å². The van der Waals surface area contributed by atoms with Crippen molar-refractivity contribution in [1.29, 1.82) is 0 Å². The van der Waals surface area contributed by atoms with Crippen LogP contribution >= 0.6 is 0 Å². The maximum atomic E-state index is 5.26. The van der Waals surface area contributed by atoms with Crippen LogP contribution in [-0.2, 0) is 6.42 Å². The molecule has 0 aromatic heterocycles. The molecule has 0 fully saturated rings. The number of benzene rings is 2. The van der Waals surface area contributed by atoms with Gasteiger partial charge in [-0.2, -0.15) is 0 Å². The Balaban J connectivity index is 2.15. The van der Waals surface area contributed by atoms with E-state index < -0.39 is 0 Å². The molecule has 96 valence electrons. The maximum Gasteiger partial charge on any atom is 0.119 e. The SMILES string of the molecule is COc1ccc2ccc(CCNC(C)C)cc2c1. The number of nitrogens with one attached hydrogen (secondary N) is 1. The minimum atomic E-state index is 0.547. The Labute approximate surface area is 109 Å². The average molecular weight is 243 g/mol. The normalized spacial score (nSPS) is 11.1. The standard InChI is InChI=1S/C16H21NO/c1-12(2)17-9-8-13-4-5-14-6-7-16(18-3)11-15(14)10-13/h4-7,10-12,17H,8-9H2,1-3H3. The molecule has 0 amide bonds. The zero-order valence-electron chi connectivity index (χ0n) is 11.4. The van der Waals surface area contributed by atoms with Gasteiger partial charge in [0.2, 0.25) is 0 Å². The second kappa shape index (κ2) is 5.87. The van der Waals surface area contributed by atoms with Gasteiger partial charge in [0, 0.05) is 6.04 Å². The first-order valence-electron chi connectivity index (χ1n) is 6.49. The quantitative estimate of drug-likeness (QED) is 0.869. The molecule has 2 aromatic rings. The van der Waals surface area contributed by atoms with Crippen molar-refractivity contribution >= 4 is 10.8 Å². The molecule has 0 radical (unpaired) electrons. The van der Waals surface area contributed by atoms with Crippen LogP contribution < -0.4 is 10.1 Å². The van der Waals surface area contributed by atoms with Crippen LogP contribution in [0.5, 0.6) is 5.75 Å². The fourth-order valence-corrected chi connectivity index (χ4v) is 2.06. The predicted molar refractivity (Wildman–Crippen MR) is 77.3 cm³/mol. The van der Waals surface area contributed by atoms with Crippen LogP contribution in [-0.4, -0.2) is 19.7 Å². The van der Waals surface area contributed by atoms with Crippen molar-refractivity contribution < 1.29 is 4.74 Å². The Kier molecular flexibility index (Phi) is 4.21. The fraction of sp³-hybridized carbons (Fsp3) is 0.375. The Morgan fingerprint density at radius 2 is 1.83 bits per heavy atom. The highest BCUT2D eigenvalue weighted by Gasteiger charge is 1.99. The van der Waals surface area contributed by atoms with Gasteiger partial charge in [0.15, 0.2) is 0 Å². The lowest BCUT2D eigenvalue weighted by molar-refractivity contribution is 0.415. The zero-order chi connectivity index (χ0) is 13.0. The number of hydrogen-bond donors (Lipinski definition) is 1. The minimum Gasteiger partial charge on any atom is -0.497 e. The van der Waals surface area contributed by atoms with Crippen molar-refractivity contribution in [1.82, 2.24) is 5.32 Å². The Hall–Kier alpha value is -1.54. The topological polar surface area (TPSA) is 21.3 Å². The second-order valence-electron chi connectivity index (χ2n) is 4.91. The van der Waals surface area contributed by atoms with Crippen LogP contribution in [0.2, 0.25) is 0 Å². The van der Waals surface area contributed by atoms with Gasteiger partial charge < -0.3 is 10.1 Å². The lowest BCUT2D eigenvalue weighted by Gasteiger charge is -2.09. The van der Waals surface area contributed by atoms with Crippen molar-refractivity contribution in [2.24, 2.45) is 0 Å². The number of rotatable bonds is 5. The molecule has 2 aromatic carbocycles. The van der Waals surface area contributed by atoms with Crippen LogP contribution in [0.3, 0.4) is 0 Å². The molecule has 0 aliphatic rings. The highest BCUT2D eigenvalue weighted by atomic mass is 16.5. The zero-order valence-corrected chi connectivity index (χ0v) is 11.4. The van der Waals surface area contributed by atoms with E-state index in [1.807, 2.05) is 6.07 Å². The Morgan fingerprint density at radius 3 is 2.56 bits per heavy atom. The highest BCUT2D eigenvalue weighted by molar-refractivity contribution is 5.84. The van der Waals surface area contributed by atoms with E-state index in [2.05, 4.69) is 49.5 Å². The number of ether oxygens (including phenoxy) is 1. The number of hydrogen-bond acceptors (Lipinski definition) is 2. The van der Waals surface area contributed by atoms with E-state index in [-0.39, 0.29) is 0 Å². The third kappa shape index (κ3) is 3.23. The van der Waals surface area contributed by atoms with Gasteiger partial charge in [-0.3, -0.25) is 0 Å². The first kappa shape index (κ1) is 12.9. The molecule has 0 atom stereocenters. The minimum absolute atomic E-state index is 0.547. The monoisotopic (exact) mass is 243 g/mol. The average Bonchev–Trinajstić information content (AvgIpc) is 2.37. The second-order valence-corrected chi connectivity index (χ2v) is 4.91. The molecular formula is C16H21NO. The summed E-state index contributed by atoms with van der Waals surface area (Å²) in [4.78, 5) is 0. The van der Waals surface area contributed by atoms with Crippen molar-refractivity contribution in [2.45, 2.75) is 26.3 Å². The first-order chi connectivity index (χ1) is 8.69. The van der Waals surface area contributed by atoms with Crippen LogP contribution in [0.4, 0.5) is 0 Å². The highest BCUT2D eigenvalue weighted by Crippen LogP contribution is 2.21. The molecule has 0 saturated heterocycles. The molecule has 0 aliphatic carbocycles. The van der Waals surface area contributed by atoms with E-state index in [1.54, 1.807) is 7.11 Å². The van der Waals surface area contributed by atoms with Gasteiger partial charge in [-0.1, -0.05) is 38.1 Å². The van der Waals surface area contributed by atoms with Gasteiger partial charge in [-0.05, 0) is 41.4 Å². The smallest absolute Gasteiger partial charge is 0.119 e. The van der Waals surface area contributed by atoms with E-state index in [9.17, 15) is 0 Å². The van der Waals surface area contributed by atoms with Crippen LogP contribution in [0.15, 0.2) is 36.4 Å². The van der Waals surface area contributed by atoms with E-state index in [0.717, 1.165) is 18.7 Å². The Morgan fingerprint density at radius 1 is 1.06 bits per heavy atom. The van der Waals surface area contributed by atoms with Gasteiger partial charge in [0.25, 0.3) is 0 Å². The lowest BCUT2D eigenvalue weighted by Crippen LogP contribution is -2.24. The van der Waals surface area contributed by atoms with Crippen molar-refractivity contribution in [2.75, 3.05) is 13.7 Å². The Bertz CT molecular complexity index is 519. The largest absolute Gasteiger partial charge is 0.497 e. The van der Waals surface area contributed by atoms with Crippen LogP contribution in [0.25, 0.3) is 10.8 Å². The molecular weight excluding hydrogens is 222 g/mol. The summed E-state index contributed by atoms with van der Waals surface area (Å²) in [5, 5.41) is 5.95. The van der Waals surface area contributed by atoms with Gasteiger partial charge >= 0.3 is 0 Å². The van der Waals surface area contributed by atoms with Crippen LogP contribution in [0.1, 0.15) is 19.4 Å². The molecule has 2 rings (SSSR count). The molecule has 18 heavy (non-hydrogen) atoms. The summed E-state index contributed by atoms with van der Waals surface area (Å²) >= 11 is 0. The third-order valence-corrected chi connectivity index (χ3v) is 3.08. The van der Waals surface area contributed by atoms with Crippen LogP contribution in [0, 0.1) is 0 Å². The summed E-state index contributed by atoms with van der Waals surface area (Å²) in [5.74, 6) is 0.917. The summed E-state index contributed by atoms with van der Waals surface area (Å²) in [5.41, 5.74) is 1.36. The molecule has 0 spiro atoms.